The van der Waals surface area contributed by atoms with E-state index < -0.39 is 40.1 Å². The topological polar surface area (TPSA) is 138 Å². The van der Waals surface area contributed by atoms with E-state index in [4.69, 9.17) is 18.2 Å². The van der Waals surface area contributed by atoms with Crippen molar-refractivity contribution in [2.75, 3.05) is 4.90 Å². The number of rotatable bonds is 6. The molecule has 11 nitrogen and oxygen atoms in total. The minimum absolute atomic E-state index is 0.00623. The highest BCUT2D eigenvalue weighted by molar-refractivity contribution is 7.86. The Balaban J connectivity index is 1.91. The molecule has 1 aromatic carbocycles. The van der Waals surface area contributed by atoms with Gasteiger partial charge in [-0.25, -0.2) is 14.6 Å². The van der Waals surface area contributed by atoms with Crippen molar-refractivity contribution in [1.82, 2.24) is 10.1 Å². The molecule has 0 aliphatic rings. The number of benzene rings is 1. The molecular formula is C26H31N3O8S. The van der Waals surface area contributed by atoms with Gasteiger partial charge in [0.1, 0.15) is 23.5 Å². The van der Waals surface area contributed by atoms with E-state index in [1.54, 1.807) is 65.8 Å². The van der Waals surface area contributed by atoms with Gasteiger partial charge >= 0.3 is 12.2 Å². The molecule has 12 heteroatoms. The zero-order valence-corrected chi connectivity index (χ0v) is 23.2. The van der Waals surface area contributed by atoms with Crippen molar-refractivity contribution in [2.24, 2.45) is 0 Å². The maximum Gasteiger partial charge on any atom is 0.425 e. The van der Waals surface area contributed by atoms with Gasteiger partial charge in [-0.05, 0) is 72.7 Å². The Bertz CT molecular complexity index is 1370. The summed E-state index contributed by atoms with van der Waals surface area (Å²) in [4.78, 5) is 31.0. The normalized spacial score (nSPS) is 12.2. The largest absolute Gasteiger partial charge is 0.443 e. The molecule has 2 heterocycles. The van der Waals surface area contributed by atoms with Crippen molar-refractivity contribution in [2.45, 2.75) is 71.2 Å². The first-order chi connectivity index (χ1) is 17.6. The van der Waals surface area contributed by atoms with Crippen LogP contribution in [0.25, 0.3) is 11.3 Å². The fraction of sp³-hybridized carbons (Fsp3) is 0.385. The van der Waals surface area contributed by atoms with Crippen LogP contribution < -0.4 is 4.90 Å². The van der Waals surface area contributed by atoms with E-state index in [2.05, 4.69) is 10.1 Å². The van der Waals surface area contributed by atoms with Crippen LogP contribution in [0.15, 0.2) is 58.1 Å². The van der Waals surface area contributed by atoms with E-state index >= 15 is 0 Å². The third-order valence-corrected chi connectivity index (χ3v) is 5.92. The van der Waals surface area contributed by atoms with Gasteiger partial charge in [0.2, 0.25) is 0 Å². The first kappa shape index (κ1) is 28.8. The fourth-order valence-corrected chi connectivity index (χ4v) is 3.93. The predicted molar refractivity (Wildman–Crippen MR) is 138 cm³/mol. The third-order valence-electron chi connectivity index (χ3n) is 4.65. The minimum atomic E-state index is -4.03. The molecule has 38 heavy (non-hydrogen) atoms. The Kier molecular flexibility index (Phi) is 8.27. The Hall–Kier alpha value is -3.77. The van der Waals surface area contributed by atoms with Crippen LogP contribution in [0.1, 0.15) is 52.8 Å². The van der Waals surface area contributed by atoms with Crippen LogP contribution in [0.3, 0.4) is 0 Å². The second-order valence-electron chi connectivity index (χ2n) is 10.4. The Morgan fingerprint density at radius 1 is 0.947 bits per heavy atom. The van der Waals surface area contributed by atoms with E-state index in [0.717, 1.165) is 5.56 Å². The molecule has 2 aromatic heterocycles. The summed E-state index contributed by atoms with van der Waals surface area (Å²) in [6.45, 7) is 11.4. The molecule has 3 rings (SSSR count). The van der Waals surface area contributed by atoms with Crippen molar-refractivity contribution >= 4 is 28.1 Å². The zero-order chi connectivity index (χ0) is 28.3. The van der Waals surface area contributed by atoms with Crippen LogP contribution >= 0.6 is 0 Å². The number of anilines is 1. The average Bonchev–Trinajstić information content (AvgIpc) is 3.25. The molecule has 0 N–H and O–H groups in total. The van der Waals surface area contributed by atoms with Crippen LogP contribution in [-0.4, -0.2) is 41.9 Å². The van der Waals surface area contributed by atoms with Gasteiger partial charge in [-0.15, -0.1) is 0 Å². The number of hydrogen-bond acceptors (Lipinski definition) is 10. The summed E-state index contributed by atoms with van der Waals surface area (Å²) >= 11 is 0. The van der Waals surface area contributed by atoms with Crippen molar-refractivity contribution < 1.29 is 36.2 Å². The molecule has 0 bridgehead atoms. The smallest absolute Gasteiger partial charge is 0.425 e. The molecule has 0 spiro atoms. The first-order valence-electron chi connectivity index (χ1n) is 11.7. The predicted octanol–water partition coefficient (Wildman–Crippen LogP) is 5.63. The van der Waals surface area contributed by atoms with Gasteiger partial charge < -0.3 is 14.0 Å². The number of carbonyl (C=O) groups excluding carboxylic acids is 2. The fourth-order valence-electron chi connectivity index (χ4n) is 3.05. The maximum atomic E-state index is 13.1. The zero-order valence-electron chi connectivity index (χ0n) is 22.3. The third kappa shape index (κ3) is 7.62. The lowest BCUT2D eigenvalue weighted by molar-refractivity contribution is 0.0429. The molecule has 204 valence electrons. The quantitative estimate of drug-likeness (QED) is 0.358. The molecule has 0 aliphatic carbocycles. The van der Waals surface area contributed by atoms with Crippen molar-refractivity contribution in [3.63, 3.8) is 0 Å². The summed E-state index contributed by atoms with van der Waals surface area (Å²) in [6.07, 6.45) is -0.618. The van der Waals surface area contributed by atoms with Gasteiger partial charge in [-0.3, -0.25) is 4.18 Å². The summed E-state index contributed by atoms with van der Waals surface area (Å²) in [5.74, 6) is -0.0107. The summed E-state index contributed by atoms with van der Waals surface area (Å²) < 4.78 is 46.4. The van der Waals surface area contributed by atoms with Crippen LogP contribution in [0.4, 0.5) is 15.4 Å². The average molecular weight is 546 g/mol. The lowest BCUT2D eigenvalue weighted by Crippen LogP contribution is -2.44. The monoisotopic (exact) mass is 545 g/mol. The summed E-state index contributed by atoms with van der Waals surface area (Å²) in [5, 5.41) is 3.87. The highest BCUT2D eigenvalue weighted by Gasteiger charge is 2.35. The second-order valence-corrected chi connectivity index (χ2v) is 12.0. The van der Waals surface area contributed by atoms with Crippen LogP contribution in [0, 0.1) is 6.92 Å². The van der Waals surface area contributed by atoms with Gasteiger partial charge in [-0.2, -0.15) is 13.3 Å². The molecule has 2 amide bonds. The van der Waals surface area contributed by atoms with E-state index in [-0.39, 0.29) is 27.7 Å². The van der Waals surface area contributed by atoms with Gasteiger partial charge in [0.15, 0.2) is 11.6 Å². The lowest BCUT2D eigenvalue weighted by Gasteiger charge is -2.28. The lowest BCUT2D eigenvalue weighted by atomic mass is 10.1. The van der Waals surface area contributed by atoms with E-state index in [1.165, 1.54) is 24.4 Å². The number of hydrogen-bond donors (Lipinski definition) is 0. The summed E-state index contributed by atoms with van der Waals surface area (Å²) in [6, 6.07) is 10.8. The van der Waals surface area contributed by atoms with Crippen LogP contribution in [-0.2, 0) is 30.4 Å². The number of imide groups is 1. The Morgan fingerprint density at radius 3 is 2.08 bits per heavy atom. The van der Waals surface area contributed by atoms with Crippen molar-refractivity contribution in [3.8, 4) is 11.3 Å². The summed E-state index contributed by atoms with van der Waals surface area (Å²) in [5.41, 5.74) is -0.544. The highest BCUT2D eigenvalue weighted by atomic mass is 32.2. The van der Waals surface area contributed by atoms with E-state index in [1.807, 2.05) is 6.92 Å². The molecule has 0 atom stereocenters. The molecule has 0 fully saturated rings. The molecule has 0 saturated carbocycles. The van der Waals surface area contributed by atoms with Gasteiger partial charge in [0.25, 0.3) is 10.1 Å². The van der Waals surface area contributed by atoms with Crippen molar-refractivity contribution in [1.29, 1.82) is 0 Å². The minimum Gasteiger partial charge on any atom is -0.443 e. The molecule has 3 aromatic rings. The van der Waals surface area contributed by atoms with Crippen LogP contribution in [0.2, 0.25) is 0 Å². The molecule has 0 unspecified atom stereocenters. The number of nitrogens with zero attached hydrogens (tertiary/aromatic N) is 3. The second kappa shape index (κ2) is 10.9. The molecular weight excluding hydrogens is 514 g/mol. The van der Waals surface area contributed by atoms with Crippen LogP contribution in [0.5, 0.6) is 0 Å². The van der Waals surface area contributed by atoms with Gasteiger partial charge in [0.05, 0.1) is 10.5 Å². The number of amides is 2. The van der Waals surface area contributed by atoms with Gasteiger partial charge in [-0.1, -0.05) is 22.9 Å². The molecule has 0 aliphatic heterocycles. The molecule has 0 saturated heterocycles. The van der Waals surface area contributed by atoms with E-state index in [0.29, 0.717) is 4.90 Å². The van der Waals surface area contributed by atoms with Crippen molar-refractivity contribution in [3.05, 3.63) is 59.9 Å². The van der Waals surface area contributed by atoms with Gasteiger partial charge in [0, 0.05) is 12.3 Å². The Labute approximate surface area is 221 Å². The first-order valence-corrected chi connectivity index (χ1v) is 13.1. The Morgan fingerprint density at radius 2 is 1.53 bits per heavy atom. The SMILES string of the molecule is Cc1ccc(S(=O)(=O)OCc2cc(-c3cccnc3N(C(=O)OC(C)(C)C)C(=O)OC(C)(C)C)on2)cc1. The number of carbonyl (C=O) groups is 2. The maximum absolute atomic E-state index is 13.1. The number of pyridine rings is 1. The standard InChI is InChI=1S/C26H31N3O8S/c1-17-10-12-19(13-11-17)38(32,33)34-16-18-15-21(37-28-18)20-9-8-14-27-22(20)29(23(30)35-25(2,3)4)24(31)36-26(5,6)7/h8-15H,16H2,1-7H3. The highest BCUT2D eigenvalue weighted by Crippen LogP contribution is 2.32. The number of ether oxygens (including phenoxy) is 2. The molecule has 0 radical (unpaired) electrons. The number of aromatic nitrogens is 2. The van der Waals surface area contributed by atoms with E-state index in [9.17, 15) is 18.0 Å². The summed E-state index contributed by atoms with van der Waals surface area (Å²) in [7, 11) is -4.03. The number of aryl methyl sites for hydroxylation is 1.